The lowest BCUT2D eigenvalue weighted by Gasteiger charge is -2.05. The molecule has 0 atom stereocenters. The molecular weight excluding hydrogens is 236 g/mol. The second-order valence-electron chi connectivity index (χ2n) is 3.58. The first-order valence-corrected chi connectivity index (χ1v) is 6.97. The van der Waals surface area contributed by atoms with Crippen molar-refractivity contribution in [2.24, 2.45) is 0 Å². The highest BCUT2D eigenvalue weighted by Gasteiger charge is 2.04. The van der Waals surface area contributed by atoms with Gasteiger partial charge in [0, 0.05) is 0 Å². The number of nitrogens with zero attached hydrogens (tertiary/aromatic N) is 2. The average molecular weight is 262 g/mol. The van der Waals surface area contributed by atoms with Crippen LogP contribution in [0.25, 0.3) is 0 Å². The van der Waals surface area contributed by atoms with Crippen molar-refractivity contribution in [1.82, 2.24) is 9.78 Å². The van der Waals surface area contributed by atoms with Crippen LogP contribution in [-0.4, -0.2) is 14.9 Å². The Labute approximate surface area is 116 Å². The summed E-state index contributed by atoms with van der Waals surface area (Å²) in [4.78, 5) is 0. The summed E-state index contributed by atoms with van der Waals surface area (Å²) < 4.78 is 1.84. The largest absolute Gasteiger partial charge is 0.390 e. The zero-order valence-corrected chi connectivity index (χ0v) is 12.7. The molecule has 0 saturated heterocycles. The number of aliphatic hydroxyl groups is 1. The third-order valence-electron chi connectivity index (χ3n) is 2.32. The molecule has 2 aromatic rings. The first-order chi connectivity index (χ1) is 9.29. The molecule has 1 aromatic heterocycles. The zero-order chi connectivity index (χ0) is 14.7. The Balaban J connectivity index is 0.000000741. The summed E-state index contributed by atoms with van der Waals surface area (Å²) in [6.07, 6.45) is 0. The van der Waals surface area contributed by atoms with Crippen LogP contribution in [0.2, 0.25) is 0 Å². The lowest BCUT2D eigenvalue weighted by atomic mass is 10.2. The van der Waals surface area contributed by atoms with Crippen molar-refractivity contribution >= 4 is 0 Å². The highest BCUT2D eigenvalue weighted by Crippen LogP contribution is 2.07. The van der Waals surface area contributed by atoms with Gasteiger partial charge in [0.25, 0.3) is 0 Å². The van der Waals surface area contributed by atoms with Gasteiger partial charge in [0.15, 0.2) is 0 Å². The molecule has 3 heteroatoms. The molecule has 0 radical (unpaired) electrons. The predicted molar refractivity (Wildman–Crippen MR) is 81.1 cm³/mol. The van der Waals surface area contributed by atoms with Crippen LogP contribution >= 0.6 is 0 Å². The number of hydrogen-bond acceptors (Lipinski definition) is 2. The summed E-state index contributed by atoms with van der Waals surface area (Å²) in [6, 6.07) is 12.0. The molecule has 0 fully saturated rings. The molecule has 3 nitrogen and oxygen atoms in total. The lowest BCUT2D eigenvalue weighted by Crippen LogP contribution is -2.06. The van der Waals surface area contributed by atoms with Crippen molar-refractivity contribution in [1.29, 1.82) is 0 Å². The molecule has 0 unspecified atom stereocenters. The van der Waals surface area contributed by atoms with E-state index < -0.39 is 0 Å². The number of aliphatic hydroxyl groups excluding tert-OH is 1. The Hall–Kier alpha value is -1.61. The Morgan fingerprint density at radius 3 is 2.16 bits per heavy atom. The van der Waals surface area contributed by atoms with Crippen molar-refractivity contribution in [3.05, 3.63) is 53.3 Å². The van der Waals surface area contributed by atoms with Crippen LogP contribution < -0.4 is 0 Å². The second kappa shape index (κ2) is 10.3. The Kier molecular flexibility index (Phi) is 9.45. The summed E-state index contributed by atoms with van der Waals surface area (Å²) in [5, 5.41) is 13.5. The minimum atomic E-state index is 0.0354. The summed E-state index contributed by atoms with van der Waals surface area (Å²) in [5.74, 6) is 0. The van der Waals surface area contributed by atoms with Crippen molar-refractivity contribution in [2.75, 3.05) is 0 Å². The molecule has 19 heavy (non-hydrogen) atoms. The fourth-order valence-corrected chi connectivity index (χ4v) is 1.62. The molecule has 0 bridgehead atoms. The van der Waals surface area contributed by atoms with E-state index in [0.29, 0.717) is 6.54 Å². The average Bonchev–Trinajstić information content (AvgIpc) is 2.84. The van der Waals surface area contributed by atoms with E-state index in [2.05, 4.69) is 17.2 Å². The quantitative estimate of drug-likeness (QED) is 0.914. The van der Waals surface area contributed by atoms with Gasteiger partial charge >= 0.3 is 0 Å². The molecule has 1 aromatic carbocycles. The second-order valence-corrected chi connectivity index (χ2v) is 3.58. The smallest absolute Gasteiger partial charge is 0.0850 e. The van der Waals surface area contributed by atoms with Crippen LogP contribution in [-0.2, 0) is 13.2 Å². The van der Waals surface area contributed by atoms with Crippen molar-refractivity contribution < 1.29 is 5.11 Å². The Morgan fingerprint density at radius 2 is 1.63 bits per heavy atom. The summed E-state index contributed by atoms with van der Waals surface area (Å²) in [7, 11) is 0. The van der Waals surface area contributed by atoms with E-state index in [-0.39, 0.29) is 6.61 Å². The monoisotopic (exact) mass is 262 g/mol. The molecular formula is C16H26N2O. The third-order valence-corrected chi connectivity index (χ3v) is 2.32. The molecule has 2 rings (SSSR count). The zero-order valence-electron chi connectivity index (χ0n) is 12.7. The van der Waals surface area contributed by atoms with Gasteiger partial charge < -0.3 is 5.11 Å². The van der Waals surface area contributed by atoms with E-state index >= 15 is 0 Å². The van der Waals surface area contributed by atoms with Crippen molar-refractivity contribution in [2.45, 2.75) is 47.8 Å². The normalized spacial score (nSPS) is 8.95. The van der Waals surface area contributed by atoms with Crippen LogP contribution in [0.1, 0.15) is 44.6 Å². The van der Waals surface area contributed by atoms with Gasteiger partial charge in [-0.3, -0.25) is 4.68 Å². The number of hydrogen-bond donors (Lipinski definition) is 1. The van der Waals surface area contributed by atoms with E-state index in [0.717, 1.165) is 11.4 Å². The first-order valence-electron chi connectivity index (χ1n) is 6.97. The number of aryl methyl sites for hydroxylation is 1. The summed E-state index contributed by atoms with van der Waals surface area (Å²) >= 11 is 0. The van der Waals surface area contributed by atoms with E-state index in [4.69, 9.17) is 5.11 Å². The van der Waals surface area contributed by atoms with Gasteiger partial charge in [0.2, 0.25) is 0 Å². The maximum absolute atomic E-state index is 9.15. The maximum Gasteiger partial charge on any atom is 0.0850 e. The number of benzene rings is 1. The van der Waals surface area contributed by atoms with Crippen LogP contribution in [0.4, 0.5) is 0 Å². The molecule has 106 valence electrons. The fraction of sp³-hybridized carbons (Fsp3) is 0.438. The van der Waals surface area contributed by atoms with Crippen LogP contribution in [0, 0.1) is 6.92 Å². The SMILES string of the molecule is CC.CC.Cc1cc(CO)n(Cc2ccccc2)n1. The van der Waals surface area contributed by atoms with Gasteiger partial charge in [-0.15, -0.1) is 0 Å². The highest BCUT2D eigenvalue weighted by molar-refractivity contribution is 5.17. The molecule has 0 aliphatic heterocycles. The lowest BCUT2D eigenvalue weighted by molar-refractivity contribution is 0.269. The molecule has 0 aliphatic carbocycles. The van der Waals surface area contributed by atoms with Crippen molar-refractivity contribution in [3.8, 4) is 0 Å². The topological polar surface area (TPSA) is 38.0 Å². The molecule has 0 aliphatic rings. The van der Waals surface area contributed by atoms with Gasteiger partial charge in [-0.1, -0.05) is 58.0 Å². The molecule has 1 N–H and O–H groups in total. The standard InChI is InChI=1S/C12H14N2O.2C2H6/c1-10-7-12(9-15)14(13-10)8-11-5-3-2-4-6-11;2*1-2/h2-7,15H,8-9H2,1H3;2*1-2H3. The molecule has 0 spiro atoms. The van der Waals surface area contributed by atoms with E-state index in [1.54, 1.807) is 0 Å². The summed E-state index contributed by atoms with van der Waals surface area (Å²) in [5.41, 5.74) is 2.99. The van der Waals surface area contributed by atoms with Gasteiger partial charge in [-0.2, -0.15) is 5.10 Å². The van der Waals surface area contributed by atoms with Crippen LogP contribution in [0.15, 0.2) is 36.4 Å². The minimum Gasteiger partial charge on any atom is -0.390 e. The Bertz CT molecular complexity index is 435. The summed E-state index contributed by atoms with van der Waals surface area (Å²) in [6.45, 7) is 10.7. The van der Waals surface area contributed by atoms with Gasteiger partial charge in [0.05, 0.1) is 24.5 Å². The molecule has 0 amide bonds. The van der Waals surface area contributed by atoms with Gasteiger partial charge in [0.1, 0.15) is 0 Å². The Morgan fingerprint density at radius 1 is 1.05 bits per heavy atom. The van der Waals surface area contributed by atoms with E-state index in [9.17, 15) is 0 Å². The van der Waals surface area contributed by atoms with Crippen LogP contribution in [0.3, 0.4) is 0 Å². The number of rotatable bonds is 3. The third kappa shape index (κ3) is 5.71. The molecule has 0 saturated carbocycles. The minimum absolute atomic E-state index is 0.0354. The first kappa shape index (κ1) is 17.4. The fourth-order valence-electron chi connectivity index (χ4n) is 1.62. The number of aromatic nitrogens is 2. The van der Waals surface area contributed by atoms with Gasteiger partial charge in [-0.05, 0) is 18.6 Å². The predicted octanol–water partition coefficient (Wildman–Crippen LogP) is 3.78. The maximum atomic E-state index is 9.15. The molecule has 1 heterocycles. The van der Waals surface area contributed by atoms with Crippen molar-refractivity contribution in [3.63, 3.8) is 0 Å². The van der Waals surface area contributed by atoms with Crippen LogP contribution in [0.5, 0.6) is 0 Å². The highest BCUT2D eigenvalue weighted by atomic mass is 16.3. The van der Waals surface area contributed by atoms with E-state index in [1.807, 2.05) is 63.6 Å². The van der Waals surface area contributed by atoms with Gasteiger partial charge in [-0.25, -0.2) is 0 Å². The van der Waals surface area contributed by atoms with E-state index in [1.165, 1.54) is 5.56 Å².